The van der Waals surface area contributed by atoms with Crippen molar-refractivity contribution in [2.75, 3.05) is 7.11 Å². The summed E-state index contributed by atoms with van der Waals surface area (Å²) in [4.78, 5) is 10.5. The Hall–Kier alpha value is -1.00. The number of carbonyl (C=O) groups excluding carboxylic acids is 1. The Balaban J connectivity index is 4.69. The molecule has 0 fully saturated rings. The van der Waals surface area contributed by atoms with Gasteiger partial charge in [0, 0.05) is 0 Å². The van der Waals surface area contributed by atoms with E-state index in [9.17, 15) is 18.0 Å². The van der Waals surface area contributed by atoms with Crippen molar-refractivity contribution in [3.05, 3.63) is 11.6 Å². The van der Waals surface area contributed by atoms with Crippen LogP contribution in [0.15, 0.2) is 11.6 Å². The highest BCUT2D eigenvalue weighted by molar-refractivity contribution is 5.89. The molecule has 0 atom stereocenters. The van der Waals surface area contributed by atoms with Crippen molar-refractivity contribution >= 4 is 5.97 Å². The van der Waals surface area contributed by atoms with E-state index in [0.29, 0.717) is 0 Å². The predicted molar refractivity (Wildman–Crippen MR) is 36.4 cm³/mol. The molecule has 0 spiro atoms. The maximum absolute atomic E-state index is 12.0. The van der Waals surface area contributed by atoms with Gasteiger partial charge >= 0.3 is 12.1 Å². The van der Waals surface area contributed by atoms with E-state index in [1.165, 1.54) is 6.92 Å². The minimum atomic E-state index is -4.62. The molecule has 0 aliphatic rings. The molecule has 70 valence electrons. The number of halogens is 3. The average molecular weight is 182 g/mol. The summed E-state index contributed by atoms with van der Waals surface area (Å²) in [6, 6.07) is 0. The van der Waals surface area contributed by atoms with Crippen LogP contribution in [0.5, 0.6) is 0 Å². The molecule has 0 unspecified atom stereocenters. The summed E-state index contributed by atoms with van der Waals surface area (Å²) >= 11 is 0. The van der Waals surface area contributed by atoms with Crippen molar-refractivity contribution in [1.82, 2.24) is 0 Å². The zero-order valence-electron chi connectivity index (χ0n) is 6.73. The Kier molecular flexibility index (Phi) is 3.79. The maximum atomic E-state index is 12.0. The average Bonchev–Trinajstić information content (AvgIpc) is 1.96. The number of esters is 1. The zero-order chi connectivity index (χ0) is 9.78. The van der Waals surface area contributed by atoms with Crippen molar-refractivity contribution in [3.8, 4) is 0 Å². The summed E-state index contributed by atoms with van der Waals surface area (Å²) in [5.74, 6) is -1.34. The van der Waals surface area contributed by atoms with Crippen LogP contribution in [0.4, 0.5) is 13.2 Å². The molecule has 0 bridgehead atoms. The largest absolute Gasteiger partial charge is 0.465 e. The summed E-state index contributed by atoms with van der Waals surface area (Å²) in [6.07, 6.45) is -3.68. The molecule has 0 heterocycles. The summed E-state index contributed by atoms with van der Waals surface area (Å²) in [5, 5.41) is 0. The lowest BCUT2D eigenvalue weighted by atomic mass is 10.2. The van der Waals surface area contributed by atoms with E-state index in [1.807, 2.05) is 0 Å². The van der Waals surface area contributed by atoms with Gasteiger partial charge in [0.15, 0.2) is 0 Å². The second-order valence-corrected chi connectivity index (χ2v) is 2.02. The van der Waals surface area contributed by atoms with Crippen molar-refractivity contribution < 1.29 is 22.7 Å². The van der Waals surface area contributed by atoms with E-state index < -0.39 is 17.7 Å². The van der Waals surface area contributed by atoms with Gasteiger partial charge < -0.3 is 4.74 Å². The fourth-order valence-corrected chi connectivity index (χ4v) is 0.629. The van der Waals surface area contributed by atoms with E-state index in [0.717, 1.165) is 13.2 Å². The minimum absolute atomic E-state index is 0.143. The van der Waals surface area contributed by atoms with Gasteiger partial charge in [0.2, 0.25) is 0 Å². The van der Waals surface area contributed by atoms with Crippen LogP contribution in [0.3, 0.4) is 0 Å². The molecule has 0 saturated carbocycles. The van der Waals surface area contributed by atoms with Crippen LogP contribution in [-0.4, -0.2) is 19.3 Å². The van der Waals surface area contributed by atoms with Crippen LogP contribution >= 0.6 is 0 Å². The number of allylic oxidation sites excluding steroid dienone is 1. The fourth-order valence-electron chi connectivity index (χ4n) is 0.629. The monoisotopic (exact) mass is 182 g/mol. The van der Waals surface area contributed by atoms with Gasteiger partial charge in [-0.15, -0.1) is 0 Å². The molecule has 0 aliphatic carbocycles. The van der Waals surface area contributed by atoms with E-state index in [1.54, 1.807) is 0 Å². The van der Waals surface area contributed by atoms with Gasteiger partial charge in [0.1, 0.15) is 5.57 Å². The van der Waals surface area contributed by atoms with E-state index in [2.05, 4.69) is 4.74 Å². The van der Waals surface area contributed by atoms with Crippen molar-refractivity contribution in [1.29, 1.82) is 0 Å². The van der Waals surface area contributed by atoms with Crippen LogP contribution in [0.25, 0.3) is 0 Å². The molecule has 2 nitrogen and oxygen atoms in total. The lowest BCUT2D eigenvalue weighted by molar-refractivity contribution is -0.148. The topological polar surface area (TPSA) is 26.3 Å². The van der Waals surface area contributed by atoms with Crippen LogP contribution in [0, 0.1) is 0 Å². The Morgan fingerprint density at radius 1 is 1.50 bits per heavy atom. The van der Waals surface area contributed by atoms with E-state index in [-0.39, 0.29) is 6.42 Å². The number of hydrogen-bond acceptors (Lipinski definition) is 2. The molecule has 0 radical (unpaired) electrons. The van der Waals surface area contributed by atoms with Crippen LogP contribution in [0.2, 0.25) is 0 Å². The Labute approximate surface area is 68.0 Å². The second-order valence-electron chi connectivity index (χ2n) is 2.02. The smallest absolute Gasteiger partial charge is 0.423 e. The molecule has 0 aromatic heterocycles. The maximum Gasteiger partial charge on any atom is 0.423 e. The van der Waals surface area contributed by atoms with Gasteiger partial charge in [-0.2, -0.15) is 13.2 Å². The second kappa shape index (κ2) is 4.13. The highest BCUT2D eigenvalue weighted by Crippen LogP contribution is 2.26. The van der Waals surface area contributed by atoms with Gasteiger partial charge in [-0.25, -0.2) is 4.79 Å². The highest BCUT2D eigenvalue weighted by Gasteiger charge is 2.38. The molecule has 5 heteroatoms. The molecule has 0 aromatic carbocycles. The van der Waals surface area contributed by atoms with Crippen molar-refractivity contribution in [2.24, 2.45) is 0 Å². The lowest BCUT2D eigenvalue weighted by Crippen LogP contribution is -2.21. The van der Waals surface area contributed by atoms with Crippen molar-refractivity contribution in [3.63, 3.8) is 0 Å². The molecular formula is C7H9F3O2. The molecule has 12 heavy (non-hydrogen) atoms. The quantitative estimate of drug-likeness (QED) is 0.482. The number of hydrogen-bond donors (Lipinski definition) is 0. The van der Waals surface area contributed by atoms with Crippen LogP contribution in [-0.2, 0) is 9.53 Å². The highest BCUT2D eigenvalue weighted by atomic mass is 19.4. The number of ether oxygens (including phenoxy) is 1. The number of methoxy groups -OCH3 is 1. The first-order valence-corrected chi connectivity index (χ1v) is 3.29. The minimum Gasteiger partial charge on any atom is -0.465 e. The third-order valence-electron chi connectivity index (χ3n) is 1.12. The van der Waals surface area contributed by atoms with Crippen LogP contribution < -0.4 is 0 Å². The molecule has 0 rings (SSSR count). The fraction of sp³-hybridized carbons (Fsp3) is 0.571. The zero-order valence-corrected chi connectivity index (χ0v) is 6.73. The first kappa shape index (κ1) is 11.0. The van der Waals surface area contributed by atoms with E-state index >= 15 is 0 Å². The molecule has 0 N–H and O–H groups in total. The number of rotatable bonds is 2. The molecule has 0 saturated heterocycles. The third-order valence-corrected chi connectivity index (χ3v) is 1.12. The SMILES string of the molecule is CC/C=C(\C(=O)OC)C(F)(F)F. The van der Waals surface area contributed by atoms with Crippen molar-refractivity contribution in [2.45, 2.75) is 19.5 Å². The molecule has 0 aliphatic heterocycles. The number of carbonyl (C=O) groups is 1. The van der Waals surface area contributed by atoms with Gasteiger partial charge in [0.25, 0.3) is 0 Å². The third kappa shape index (κ3) is 2.94. The first-order valence-electron chi connectivity index (χ1n) is 3.29. The summed E-state index contributed by atoms with van der Waals surface area (Å²) in [7, 11) is 0.914. The number of alkyl halides is 3. The Bertz CT molecular complexity index is 193. The van der Waals surface area contributed by atoms with Gasteiger partial charge in [-0.1, -0.05) is 13.0 Å². The standard InChI is InChI=1S/C7H9F3O2/c1-3-4-5(6(11)12-2)7(8,9)10/h4H,3H2,1-2H3/b5-4+. The van der Waals surface area contributed by atoms with Gasteiger partial charge in [-0.3, -0.25) is 0 Å². The van der Waals surface area contributed by atoms with Crippen LogP contribution in [0.1, 0.15) is 13.3 Å². The first-order chi connectivity index (χ1) is 5.43. The van der Waals surface area contributed by atoms with Gasteiger partial charge in [-0.05, 0) is 6.42 Å². The predicted octanol–water partition coefficient (Wildman–Crippen LogP) is 2.06. The van der Waals surface area contributed by atoms with E-state index in [4.69, 9.17) is 0 Å². The van der Waals surface area contributed by atoms with Gasteiger partial charge in [0.05, 0.1) is 7.11 Å². The molecular weight excluding hydrogens is 173 g/mol. The molecule has 0 amide bonds. The lowest BCUT2D eigenvalue weighted by Gasteiger charge is -2.08. The molecule has 0 aromatic rings. The summed E-state index contributed by atoms with van der Waals surface area (Å²) in [6.45, 7) is 1.51. The summed E-state index contributed by atoms with van der Waals surface area (Å²) in [5.41, 5.74) is -1.24. The normalized spacial score (nSPS) is 12.9. The Morgan fingerprint density at radius 3 is 2.25 bits per heavy atom. The Morgan fingerprint density at radius 2 is 2.00 bits per heavy atom. The summed E-state index contributed by atoms with van der Waals surface area (Å²) < 4.78 is 39.9.